The fourth-order valence-corrected chi connectivity index (χ4v) is 3.41. The van der Waals surface area contributed by atoms with Crippen LogP contribution in [0.5, 0.6) is 5.75 Å². The molecule has 2 aliphatic heterocycles. The highest BCUT2D eigenvalue weighted by atomic mass is 16.5. The molecule has 0 amide bonds. The summed E-state index contributed by atoms with van der Waals surface area (Å²) in [6.45, 7) is 1.44. The highest BCUT2D eigenvalue weighted by molar-refractivity contribution is 5.92. The molecule has 0 bridgehead atoms. The first-order chi connectivity index (χ1) is 10.7. The lowest BCUT2D eigenvalue weighted by molar-refractivity contribution is -0.138. The number of ether oxygens (including phenoxy) is 1. The molecule has 4 heteroatoms. The molecule has 1 unspecified atom stereocenters. The van der Waals surface area contributed by atoms with Gasteiger partial charge in [0, 0.05) is 30.5 Å². The molecule has 4 nitrogen and oxygen atoms in total. The Kier molecular flexibility index (Phi) is 2.94. The van der Waals surface area contributed by atoms with Crippen molar-refractivity contribution >= 4 is 22.8 Å². The van der Waals surface area contributed by atoms with Crippen LogP contribution in [0.4, 0.5) is 0 Å². The van der Waals surface area contributed by atoms with Gasteiger partial charge < -0.3 is 9.84 Å². The lowest BCUT2D eigenvalue weighted by Crippen LogP contribution is -2.40. The third-order valence-corrected chi connectivity index (χ3v) is 4.48. The van der Waals surface area contributed by atoms with E-state index >= 15 is 0 Å². The Bertz CT molecular complexity index is 783. The van der Waals surface area contributed by atoms with Gasteiger partial charge in [0.1, 0.15) is 11.4 Å². The van der Waals surface area contributed by atoms with Crippen molar-refractivity contribution in [1.29, 1.82) is 0 Å². The largest absolute Gasteiger partial charge is 0.481 e. The number of hydrogen-bond acceptors (Lipinski definition) is 3. The van der Waals surface area contributed by atoms with Crippen LogP contribution in [0.2, 0.25) is 0 Å². The zero-order valence-electron chi connectivity index (χ0n) is 12.2. The monoisotopic (exact) mass is 295 g/mol. The molecule has 1 atom stereocenters. The fourth-order valence-electron chi connectivity index (χ4n) is 3.41. The summed E-state index contributed by atoms with van der Waals surface area (Å²) in [6.07, 6.45) is 5.01. The average Bonchev–Trinajstić information content (AvgIpc) is 2.89. The first-order valence-corrected chi connectivity index (χ1v) is 7.49. The van der Waals surface area contributed by atoms with E-state index in [4.69, 9.17) is 9.84 Å². The van der Waals surface area contributed by atoms with Gasteiger partial charge in [0.15, 0.2) is 0 Å². The highest BCUT2D eigenvalue weighted by Gasteiger charge is 2.40. The number of fused-ring (bicyclic) bond motifs is 3. The van der Waals surface area contributed by atoms with Gasteiger partial charge in [-0.2, -0.15) is 0 Å². The molecule has 1 fully saturated rings. The van der Waals surface area contributed by atoms with E-state index in [1.807, 2.05) is 17.0 Å². The molecule has 22 heavy (non-hydrogen) atoms. The van der Waals surface area contributed by atoms with Crippen molar-refractivity contribution in [1.82, 2.24) is 4.90 Å². The summed E-state index contributed by atoms with van der Waals surface area (Å²) in [5.74, 6) is 0.125. The maximum Gasteiger partial charge on any atom is 0.317 e. The van der Waals surface area contributed by atoms with Gasteiger partial charge in [-0.15, -0.1) is 0 Å². The number of benzene rings is 2. The molecule has 4 rings (SSSR count). The second-order valence-corrected chi connectivity index (χ2v) is 6.06. The number of carbonyl (C=O) groups is 1. The Morgan fingerprint density at radius 3 is 3.00 bits per heavy atom. The fraction of sp³-hybridized carbons (Fsp3) is 0.278. The number of aliphatic carboxylic acids is 1. The summed E-state index contributed by atoms with van der Waals surface area (Å²) in [5.41, 5.74) is 0.688. The van der Waals surface area contributed by atoms with E-state index in [9.17, 15) is 4.79 Å². The van der Waals surface area contributed by atoms with Crippen molar-refractivity contribution in [2.45, 2.75) is 12.0 Å². The zero-order chi connectivity index (χ0) is 15.2. The standard InChI is InChI=1S/C18H17NO3/c20-16(21)11-19-10-9-18(12-19)8-7-14-6-5-13-3-1-2-4-15(13)17(14)22-18/h1-8H,9-12H2,(H,20,21). The Morgan fingerprint density at radius 2 is 2.14 bits per heavy atom. The van der Waals surface area contributed by atoms with Gasteiger partial charge in [-0.1, -0.05) is 42.5 Å². The second kappa shape index (κ2) is 4.85. The third-order valence-electron chi connectivity index (χ3n) is 4.48. The smallest absolute Gasteiger partial charge is 0.317 e. The lowest BCUT2D eigenvalue weighted by Gasteiger charge is -2.32. The van der Waals surface area contributed by atoms with E-state index in [1.165, 1.54) is 0 Å². The molecule has 112 valence electrons. The van der Waals surface area contributed by atoms with Crippen LogP contribution in [0.25, 0.3) is 16.8 Å². The summed E-state index contributed by atoms with van der Waals surface area (Å²) in [7, 11) is 0. The average molecular weight is 295 g/mol. The number of rotatable bonds is 2. The molecule has 1 saturated heterocycles. The summed E-state index contributed by atoms with van der Waals surface area (Å²) < 4.78 is 6.38. The van der Waals surface area contributed by atoms with Crippen LogP contribution in [0.15, 0.2) is 42.5 Å². The second-order valence-electron chi connectivity index (χ2n) is 6.06. The van der Waals surface area contributed by atoms with Gasteiger partial charge in [0.25, 0.3) is 0 Å². The van der Waals surface area contributed by atoms with Crippen LogP contribution < -0.4 is 4.74 Å². The van der Waals surface area contributed by atoms with E-state index < -0.39 is 11.6 Å². The summed E-state index contributed by atoms with van der Waals surface area (Å²) in [6, 6.07) is 12.4. The summed E-state index contributed by atoms with van der Waals surface area (Å²) in [5, 5.41) is 11.2. The van der Waals surface area contributed by atoms with Crippen LogP contribution in [0, 0.1) is 0 Å². The first-order valence-electron chi connectivity index (χ1n) is 7.49. The van der Waals surface area contributed by atoms with E-state index in [0.29, 0.717) is 6.54 Å². The molecule has 0 aliphatic carbocycles. The zero-order valence-corrected chi connectivity index (χ0v) is 12.2. The lowest BCUT2D eigenvalue weighted by atomic mass is 9.95. The van der Waals surface area contributed by atoms with Crippen LogP contribution in [0.1, 0.15) is 12.0 Å². The van der Waals surface area contributed by atoms with Crippen molar-refractivity contribution < 1.29 is 14.6 Å². The quantitative estimate of drug-likeness (QED) is 0.925. The van der Waals surface area contributed by atoms with Crippen LogP contribution in [-0.4, -0.2) is 41.2 Å². The van der Waals surface area contributed by atoms with Crippen molar-refractivity contribution in [2.24, 2.45) is 0 Å². The molecule has 2 aromatic carbocycles. The summed E-state index contributed by atoms with van der Waals surface area (Å²) >= 11 is 0. The molecule has 2 aliphatic rings. The Labute approximate surface area is 128 Å². The minimum atomic E-state index is -0.789. The molecular formula is C18H17NO3. The molecule has 1 N–H and O–H groups in total. The van der Waals surface area contributed by atoms with Crippen molar-refractivity contribution in [3.63, 3.8) is 0 Å². The van der Waals surface area contributed by atoms with Crippen LogP contribution in [-0.2, 0) is 4.79 Å². The summed E-state index contributed by atoms with van der Waals surface area (Å²) in [4.78, 5) is 12.8. The Balaban J connectivity index is 1.69. The third kappa shape index (κ3) is 2.16. The van der Waals surface area contributed by atoms with Crippen LogP contribution >= 0.6 is 0 Å². The van der Waals surface area contributed by atoms with E-state index in [2.05, 4.69) is 36.4 Å². The number of hydrogen-bond donors (Lipinski definition) is 1. The first kappa shape index (κ1) is 13.3. The molecule has 1 spiro atoms. The van der Waals surface area contributed by atoms with Gasteiger partial charge in [0.2, 0.25) is 0 Å². The van der Waals surface area contributed by atoms with E-state index in [0.717, 1.165) is 35.1 Å². The van der Waals surface area contributed by atoms with Crippen molar-refractivity contribution in [3.05, 3.63) is 48.0 Å². The molecule has 2 aromatic rings. The van der Waals surface area contributed by atoms with Gasteiger partial charge in [-0.05, 0) is 11.5 Å². The predicted molar refractivity (Wildman–Crippen MR) is 85.0 cm³/mol. The topological polar surface area (TPSA) is 49.8 Å². The number of likely N-dealkylation sites (tertiary alicyclic amines) is 1. The van der Waals surface area contributed by atoms with E-state index in [-0.39, 0.29) is 6.54 Å². The highest BCUT2D eigenvalue weighted by Crippen LogP contribution is 2.40. The number of carboxylic acid groups (broad SMARTS) is 1. The van der Waals surface area contributed by atoms with E-state index in [1.54, 1.807) is 0 Å². The Morgan fingerprint density at radius 1 is 1.27 bits per heavy atom. The molecule has 0 saturated carbocycles. The minimum Gasteiger partial charge on any atom is -0.481 e. The van der Waals surface area contributed by atoms with Gasteiger partial charge in [0.05, 0.1) is 6.54 Å². The SMILES string of the molecule is O=C(O)CN1CCC2(C=Cc3ccc4ccccc4c3O2)C1. The predicted octanol–water partition coefficient (Wildman–Crippen LogP) is 2.77. The Hall–Kier alpha value is -2.33. The van der Waals surface area contributed by atoms with Gasteiger partial charge in [-0.25, -0.2) is 0 Å². The number of nitrogens with zero attached hydrogens (tertiary/aromatic N) is 1. The molecular weight excluding hydrogens is 278 g/mol. The minimum absolute atomic E-state index is 0.0708. The molecule has 0 radical (unpaired) electrons. The molecule has 0 aromatic heterocycles. The van der Waals surface area contributed by atoms with Crippen LogP contribution in [0.3, 0.4) is 0 Å². The van der Waals surface area contributed by atoms with Crippen molar-refractivity contribution in [2.75, 3.05) is 19.6 Å². The maximum absolute atomic E-state index is 10.9. The normalized spacial score (nSPS) is 23.6. The van der Waals surface area contributed by atoms with Gasteiger partial charge >= 0.3 is 5.97 Å². The number of carboxylic acids is 1. The van der Waals surface area contributed by atoms with Gasteiger partial charge in [-0.3, -0.25) is 9.69 Å². The maximum atomic E-state index is 10.9. The molecule has 2 heterocycles. The van der Waals surface area contributed by atoms with Crippen molar-refractivity contribution in [3.8, 4) is 5.75 Å².